The van der Waals surface area contributed by atoms with Crippen LogP contribution in [0.25, 0.3) is 10.9 Å². The quantitative estimate of drug-likeness (QED) is 0.806. The number of fused-ring (bicyclic) bond motifs is 1. The molecule has 0 spiro atoms. The number of benzene rings is 1. The van der Waals surface area contributed by atoms with Gasteiger partial charge in [0.25, 0.3) is 5.56 Å². The van der Waals surface area contributed by atoms with Crippen LogP contribution in [-0.2, 0) is 9.53 Å². The van der Waals surface area contributed by atoms with Crippen molar-refractivity contribution in [1.29, 1.82) is 0 Å². The van der Waals surface area contributed by atoms with Crippen LogP contribution in [0.5, 0.6) is 0 Å². The van der Waals surface area contributed by atoms with Gasteiger partial charge in [-0.3, -0.25) is 9.59 Å². The topological polar surface area (TPSA) is 106 Å². The van der Waals surface area contributed by atoms with Crippen LogP contribution in [0.4, 0.5) is 4.79 Å². The zero-order chi connectivity index (χ0) is 18.5. The second-order valence-electron chi connectivity index (χ2n) is 6.04. The molecule has 1 aromatic heterocycles. The van der Waals surface area contributed by atoms with Gasteiger partial charge in [-0.25, -0.2) is 9.48 Å². The Labute approximate surface area is 149 Å². The Balaban J connectivity index is 1.60. The minimum Gasteiger partial charge on any atom is -0.465 e. The molecule has 9 heteroatoms. The lowest BCUT2D eigenvalue weighted by atomic mass is 10.1. The van der Waals surface area contributed by atoms with Crippen molar-refractivity contribution in [3.05, 3.63) is 34.6 Å². The number of hydrogen-bond acceptors (Lipinski definition) is 6. The molecule has 0 atom stereocenters. The number of nitrogens with zero attached hydrogens (tertiary/aromatic N) is 4. The van der Waals surface area contributed by atoms with Gasteiger partial charge in [0.1, 0.15) is 12.1 Å². The van der Waals surface area contributed by atoms with E-state index in [-0.39, 0.29) is 30.8 Å². The Morgan fingerprint density at radius 3 is 2.73 bits per heavy atom. The van der Waals surface area contributed by atoms with Crippen molar-refractivity contribution in [2.24, 2.45) is 0 Å². The molecule has 0 saturated carbocycles. The molecule has 1 aliphatic rings. The molecule has 1 aliphatic heterocycles. The molecule has 0 unspecified atom stereocenters. The van der Waals surface area contributed by atoms with Crippen LogP contribution >= 0.6 is 0 Å². The van der Waals surface area contributed by atoms with Crippen LogP contribution in [0.1, 0.15) is 25.8 Å². The van der Waals surface area contributed by atoms with Crippen molar-refractivity contribution >= 4 is 22.9 Å². The van der Waals surface area contributed by atoms with Crippen molar-refractivity contribution < 1.29 is 14.3 Å². The Morgan fingerprint density at radius 2 is 2.00 bits per heavy atom. The number of amides is 2. The summed E-state index contributed by atoms with van der Waals surface area (Å²) in [4.78, 5) is 37.6. The lowest BCUT2D eigenvalue weighted by Gasteiger charge is -2.31. The molecule has 0 radical (unpaired) electrons. The van der Waals surface area contributed by atoms with E-state index in [1.807, 2.05) is 6.07 Å². The second-order valence-corrected chi connectivity index (χ2v) is 6.04. The smallest absolute Gasteiger partial charge is 0.325 e. The molecule has 3 rings (SSSR count). The van der Waals surface area contributed by atoms with Gasteiger partial charge in [0.2, 0.25) is 0 Å². The van der Waals surface area contributed by atoms with E-state index in [0.717, 1.165) is 0 Å². The first-order valence-electron chi connectivity index (χ1n) is 8.62. The summed E-state index contributed by atoms with van der Waals surface area (Å²) in [5, 5.41) is 11.2. The molecule has 0 bridgehead atoms. The summed E-state index contributed by atoms with van der Waals surface area (Å²) in [6, 6.07) is 6.69. The molecule has 2 aromatic rings. The van der Waals surface area contributed by atoms with E-state index >= 15 is 0 Å². The van der Waals surface area contributed by atoms with Gasteiger partial charge in [0.05, 0.1) is 18.0 Å². The number of aromatic nitrogens is 3. The maximum Gasteiger partial charge on any atom is 0.325 e. The monoisotopic (exact) mass is 359 g/mol. The molecule has 26 heavy (non-hydrogen) atoms. The number of rotatable bonds is 4. The van der Waals surface area contributed by atoms with Crippen LogP contribution in [0.3, 0.4) is 0 Å². The molecular weight excluding hydrogens is 338 g/mol. The van der Waals surface area contributed by atoms with Gasteiger partial charge in [-0.1, -0.05) is 17.3 Å². The number of urea groups is 1. The average Bonchev–Trinajstić information content (AvgIpc) is 2.67. The molecule has 138 valence electrons. The first kappa shape index (κ1) is 17.8. The number of hydrogen-bond donors (Lipinski definition) is 1. The van der Waals surface area contributed by atoms with E-state index in [0.29, 0.717) is 36.8 Å². The average molecular weight is 359 g/mol. The van der Waals surface area contributed by atoms with E-state index < -0.39 is 5.97 Å². The van der Waals surface area contributed by atoms with E-state index in [1.165, 1.54) is 4.68 Å². The van der Waals surface area contributed by atoms with Gasteiger partial charge in [-0.2, -0.15) is 0 Å². The third-order valence-corrected chi connectivity index (χ3v) is 4.38. The summed E-state index contributed by atoms with van der Waals surface area (Å²) in [6.07, 6.45) is 1.19. The highest BCUT2D eigenvalue weighted by atomic mass is 16.5. The minimum atomic E-state index is -0.464. The van der Waals surface area contributed by atoms with Gasteiger partial charge < -0.3 is 15.0 Å². The zero-order valence-corrected chi connectivity index (χ0v) is 14.6. The van der Waals surface area contributed by atoms with Gasteiger partial charge >= 0.3 is 12.0 Å². The Morgan fingerprint density at radius 1 is 1.27 bits per heavy atom. The molecule has 1 fully saturated rings. The number of piperidine rings is 1. The van der Waals surface area contributed by atoms with Crippen molar-refractivity contribution in [2.75, 3.05) is 26.2 Å². The molecule has 0 aliphatic carbocycles. The summed E-state index contributed by atoms with van der Waals surface area (Å²) in [5.74, 6) is -0.464. The highest BCUT2D eigenvalue weighted by Crippen LogP contribution is 2.20. The summed E-state index contributed by atoms with van der Waals surface area (Å²) in [6.45, 7) is 2.78. The summed E-state index contributed by atoms with van der Waals surface area (Å²) < 4.78 is 6.19. The maximum absolute atomic E-state index is 12.6. The zero-order valence-electron chi connectivity index (χ0n) is 14.6. The van der Waals surface area contributed by atoms with Crippen LogP contribution in [0.2, 0.25) is 0 Å². The predicted octanol–water partition coefficient (Wildman–Crippen LogP) is 0.701. The van der Waals surface area contributed by atoms with Crippen LogP contribution in [0.15, 0.2) is 29.1 Å². The fourth-order valence-electron chi connectivity index (χ4n) is 3.03. The normalized spacial score (nSPS) is 15.0. The third-order valence-electron chi connectivity index (χ3n) is 4.38. The van der Waals surface area contributed by atoms with E-state index in [9.17, 15) is 14.4 Å². The van der Waals surface area contributed by atoms with E-state index in [2.05, 4.69) is 15.6 Å². The Bertz CT molecular complexity index is 858. The van der Waals surface area contributed by atoms with Gasteiger partial charge in [-0.15, -0.1) is 5.10 Å². The largest absolute Gasteiger partial charge is 0.465 e. The molecule has 1 saturated heterocycles. The highest BCUT2D eigenvalue weighted by molar-refractivity contribution is 5.81. The number of ether oxygens (including phenoxy) is 1. The van der Waals surface area contributed by atoms with Crippen molar-refractivity contribution in [3.63, 3.8) is 0 Å². The van der Waals surface area contributed by atoms with Crippen LogP contribution < -0.4 is 10.9 Å². The Kier molecular flexibility index (Phi) is 5.45. The van der Waals surface area contributed by atoms with Crippen molar-refractivity contribution in [3.8, 4) is 0 Å². The van der Waals surface area contributed by atoms with Gasteiger partial charge in [0, 0.05) is 13.1 Å². The van der Waals surface area contributed by atoms with Crippen molar-refractivity contribution in [2.45, 2.75) is 25.8 Å². The molecule has 9 nitrogen and oxygen atoms in total. The summed E-state index contributed by atoms with van der Waals surface area (Å²) >= 11 is 0. The SMILES string of the molecule is CCOC(=O)CNC(=O)N1CCC(n2nnc3ccccc3c2=O)CC1. The van der Waals surface area contributed by atoms with Crippen molar-refractivity contribution in [1.82, 2.24) is 25.2 Å². The van der Waals surface area contributed by atoms with Crippen LogP contribution in [0, 0.1) is 0 Å². The lowest BCUT2D eigenvalue weighted by molar-refractivity contribution is -0.141. The van der Waals surface area contributed by atoms with Gasteiger partial charge in [0.15, 0.2) is 0 Å². The number of nitrogens with one attached hydrogen (secondary N) is 1. The summed E-state index contributed by atoms with van der Waals surface area (Å²) in [5.41, 5.74) is 0.408. The maximum atomic E-state index is 12.6. The molecule has 2 amide bonds. The second kappa shape index (κ2) is 7.94. The van der Waals surface area contributed by atoms with Gasteiger partial charge in [-0.05, 0) is 31.9 Å². The molecule has 1 N–H and O–H groups in total. The third kappa shape index (κ3) is 3.81. The minimum absolute atomic E-state index is 0.103. The van der Waals surface area contributed by atoms with Crippen LogP contribution in [-0.4, -0.2) is 58.1 Å². The summed E-state index contributed by atoms with van der Waals surface area (Å²) in [7, 11) is 0. The van der Waals surface area contributed by atoms with E-state index in [1.54, 1.807) is 30.0 Å². The fourth-order valence-corrected chi connectivity index (χ4v) is 3.03. The number of carbonyl (C=O) groups excluding carboxylic acids is 2. The first-order chi connectivity index (χ1) is 12.6. The standard InChI is InChI=1S/C17H21N5O4/c1-2-26-15(23)11-18-17(25)21-9-7-12(8-10-21)22-16(24)13-5-3-4-6-14(13)19-20-22/h3-6,12H,2,7-11H2,1H3,(H,18,25). The molecular formula is C17H21N5O4. The van der Waals surface area contributed by atoms with E-state index in [4.69, 9.17) is 4.74 Å². The number of likely N-dealkylation sites (tertiary alicyclic amines) is 1. The fraction of sp³-hybridized carbons (Fsp3) is 0.471. The highest BCUT2D eigenvalue weighted by Gasteiger charge is 2.26. The molecule has 2 heterocycles. The number of esters is 1. The Hall–Kier alpha value is -2.97. The predicted molar refractivity (Wildman–Crippen MR) is 93.7 cm³/mol. The molecule has 1 aromatic carbocycles. The lowest BCUT2D eigenvalue weighted by Crippen LogP contribution is -2.47. The first-order valence-corrected chi connectivity index (χ1v) is 8.62. The number of carbonyl (C=O) groups is 2.